The second-order valence-electron chi connectivity index (χ2n) is 5.27. The van der Waals surface area contributed by atoms with Gasteiger partial charge in [0.15, 0.2) is 0 Å². The molecule has 0 saturated carbocycles. The Kier molecular flexibility index (Phi) is 4.28. The maximum absolute atomic E-state index is 10.7. The number of aryl methyl sites for hydroxylation is 1. The van der Waals surface area contributed by atoms with Crippen LogP contribution < -0.4 is 9.84 Å². The van der Waals surface area contributed by atoms with Gasteiger partial charge in [0.05, 0.1) is 17.0 Å². The highest BCUT2D eigenvalue weighted by atomic mass is 16.5. The summed E-state index contributed by atoms with van der Waals surface area (Å²) in [7, 11) is 0. The lowest BCUT2D eigenvalue weighted by molar-refractivity contribution is -0.255. The highest BCUT2D eigenvalue weighted by Gasteiger charge is 2.10. The first-order valence-electron chi connectivity index (χ1n) is 7.57. The Morgan fingerprint density at radius 2 is 1.91 bits per heavy atom. The number of hydrogen-bond acceptors (Lipinski definition) is 4. The summed E-state index contributed by atoms with van der Waals surface area (Å²) >= 11 is 0. The van der Waals surface area contributed by atoms with Crippen molar-refractivity contribution in [1.82, 2.24) is 9.55 Å². The van der Waals surface area contributed by atoms with Crippen molar-refractivity contribution in [2.45, 2.75) is 26.5 Å². The highest BCUT2D eigenvalue weighted by molar-refractivity contribution is 5.85. The van der Waals surface area contributed by atoms with Crippen molar-refractivity contribution >= 4 is 17.0 Å². The number of hydrogen-bond donors (Lipinski definition) is 0. The number of carboxylic acid groups (broad SMARTS) is 1. The van der Waals surface area contributed by atoms with Crippen molar-refractivity contribution in [3.63, 3.8) is 0 Å². The fourth-order valence-corrected chi connectivity index (χ4v) is 2.54. The van der Waals surface area contributed by atoms with Crippen LogP contribution in [-0.2, 0) is 13.2 Å². The number of imidazole rings is 1. The molecule has 0 spiro atoms. The van der Waals surface area contributed by atoms with Gasteiger partial charge in [-0.05, 0) is 48.4 Å². The number of ether oxygens (including phenoxy) is 1. The van der Waals surface area contributed by atoms with E-state index < -0.39 is 5.97 Å². The Bertz CT molecular complexity index is 822. The number of benzene rings is 2. The van der Waals surface area contributed by atoms with Crippen LogP contribution in [0.1, 0.15) is 29.5 Å². The van der Waals surface area contributed by atoms with Gasteiger partial charge < -0.3 is 19.2 Å². The Morgan fingerprint density at radius 1 is 1.17 bits per heavy atom. The molecular weight excluding hydrogens is 292 g/mol. The number of fused-ring (bicyclic) bond motifs is 1. The number of para-hydroxylation sites is 2. The van der Waals surface area contributed by atoms with Crippen LogP contribution in [-0.4, -0.2) is 15.5 Å². The summed E-state index contributed by atoms with van der Waals surface area (Å²) in [6.07, 6.45) is 1.01. The summed E-state index contributed by atoms with van der Waals surface area (Å²) in [5, 5.41) is 10.7. The fraction of sp³-hybridized carbons (Fsp3) is 0.222. The quantitative estimate of drug-likeness (QED) is 0.701. The van der Waals surface area contributed by atoms with Crippen molar-refractivity contribution in [3.8, 4) is 5.75 Å². The number of aromatic nitrogens is 2. The van der Waals surface area contributed by atoms with Gasteiger partial charge in [0.2, 0.25) is 0 Å². The predicted molar refractivity (Wildman–Crippen MR) is 85.1 cm³/mol. The van der Waals surface area contributed by atoms with Crippen LogP contribution in [0.5, 0.6) is 5.75 Å². The second kappa shape index (κ2) is 6.52. The fourth-order valence-electron chi connectivity index (χ4n) is 2.54. The number of aromatic carboxylic acids is 1. The predicted octanol–water partition coefficient (Wildman–Crippen LogP) is 2.39. The Hall–Kier alpha value is -2.82. The molecule has 5 nitrogen and oxygen atoms in total. The molecule has 1 aromatic heterocycles. The third-order valence-corrected chi connectivity index (χ3v) is 3.64. The minimum absolute atomic E-state index is 0.135. The molecule has 0 aliphatic rings. The van der Waals surface area contributed by atoms with E-state index in [4.69, 9.17) is 4.74 Å². The summed E-state index contributed by atoms with van der Waals surface area (Å²) in [5.74, 6) is 0.267. The van der Waals surface area contributed by atoms with Crippen molar-refractivity contribution in [1.29, 1.82) is 0 Å². The Balaban J connectivity index is 1.81. The van der Waals surface area contributed by atoms with Gasteiger partial charge in [-0.25, -0.2) is 4.98 Å². The zero-order valence-electron chi connectivity index (χ0n) is 12.9. The molecule has 0 N–H and O–H groups in total. The van der Waals surface area contributed by atoms with Gasteiger partial charge in [-0.15, -0.1) is 0 Å². The van der Waals surface area contributed by atoms with Crippen LogP contribution in [0.25, 0.3) is 11.0 Å². The number of carboxylic acids is 1. The zero-order valence-corrected chi connectivity index (χ0v) is 12.9. The van der Waals surface area contributed by atoms with Gasteiger partial charge in [-0.1, -0.05) is 19.1 Å². The van der Waals surface area contributed by atoms with Gasteiger partial charge in [0.1, 0.15) is 18.2 Å². The first-order chi connectivity index (χ1) is 11.2. The number of carbonyl (C=O) groups is 1. The van der Waals surface area contributed by atoms with Crippen molar-refractivity contribution < 1.29 is 14.6 Å². The highest BCUT2D eigenvalue weighted by Crippen LogP contribution is 2.19. The van der Waals surface area contributed by atoms with Crippen molar-refractivity contribution in [3.05, 3.63) is 59.9 Å². The van der Waals surface area contributed by atoms with E-state index >= 15 is 0 Å². The molecule has 5 heteroatoms. The lowest BCUT2D eigenvalue weighted by Crippen LogP contribution is -2.21. The van der Waals surface area contributed by atoms with Gasteiger partial charge in [0.25, 0.3) is 0 Å². The monoisotopic (exact) mass is 309 g/mol. The third-order valence-electron chi connectivity index (χ3n) is 3.64. The van der Waals surface area contributed by atoms with Gasteiger partial charge >= 0.3 is 0 Å². The van der Waals surface area contributed by atoms with Crippen LogP contribution >= 0.6 is 0 Å². The lowest BCUT2D eigenvalue weighted by Gasteiger charge is -2.10. The molecular formula is C18H17N2O3-. The zero-order chi connectivity index (χ0) is 16.2. The summed E-state index contributed by atoms with van der Waals surface area (Å²) in [6, 6.07) is 14.2. The Labute approximate surface area is 134 Å². The maximum Gasteiger partial charge on any atom is 0.147 e. The van der Waals surface area contributed by atoms with E-state index in [1.807, 2.05) is 18.2 Å². The molecule has 0 fully saturated rings. The first kappa shape index (κ1) is 15.1. The summed E-state index contributed by atoms with van der Waals surface area (Å²) in [4.78, 5) is 15.4. The van der Waals surface area contributed by atoms with Gasteiger partial charge in [0, 0.05) is 6.54 Å². The average molecular weight is 309 g/mol. The van der Waals surface area contributed by atoms with E-state index in [0.717, 1.165) is 29.8 Å². The van der Waals surface area contributed by atoms with E-state index in [1.165, 1.54) is 12.1 Å². The molecule has 3 rings (SSSR count). The molecule has 0 bridgehead atoms. The van der Waals surface area contributed by atoms with E-state index in [9.17, 15) is 9.90 Å². The summed E-state index contributed by atoms with van der Waals surface area (Å²) in [6.45, 7) is 3.33. The molecule has 23 heavy (non-hydrogen) atoms. The second-order valence-corrected chi connectivity index (χ2v) is 5.27. The molecule has 118 valence electrons. The van der Waals surface area contributed by atoms with Crippen LogP contribution in [0.2, 0.25) is 0 Å². The molecule has 0 radical (unpaired) electrons. The average Bonchev–Trinajstić information content (AvgIpc) is 2.92. The van der Waals surface area contributed by atoms with Gasteiger partial charge in [-0.3, -0.25) is 0 Å². The maximum atomic E-state index is 10.7. The normalized spacial score (nSPS) is 10.8. The Morgan fingerprint density at radius 3 is 2.61 bits per heavy atom. The van der Waals surface area contributed by atoms with Crippen LogP contribution in [0.3, 0.4) is 0 Å². The van der Waals surface area contributed by atoms with E-state index in [0.29, 0.717) is 12.4 Å². The molecule has 1 heterocycles. The van der Waals surface area contributed by atoms with E-state index in [2.05, 4.69) is 22.5 Å². The van der Waals surface area contributed by atoms with Crippen LogP contribution in [0, 0.1) is 0 Å². The molecule has 3 aromatic rings. The summed E-state index contributed by atoms with van der Waals surface area (Å²) < 4.78 is 7.90. The van der Waals surface area contributed by atoms with Crippen LogP contribution in [0.4, 0.5) is 0 Å². The molecule has 0 aliphatic carbocycles. The van der Waals surface area contributed by atoms with Crippen molar-refractivity contribution in [2.24, 2.45) is 0 Å². The van der Waals surface area contributed by atoms with Gasteiger partial charge in [-0.2, -0.15) is 0 Å². The van der Waals surface area contributed by atoms with E-state index in [-0.39, 0.29) is 5.56 Å². The lowest BCUT2D eigenvalue weighted by atomic mass is 10.2. The molecule has 0 unspecified atom stereocenters. The summed E-state index contributed by atoms with van der Waals surface area (Å²) in [5.41, 5.74) is 2.18. The molecule has 0 atom stereocenters. The minimum Gasteiger partial charge on any atom is -0.545 e. The van der Waals surface area contributed by atoms with E-state index in [1.54, 1.807) is 12.1 Å². The number of nitrogens with zero attached hydrogens (tertiary/aromatic N) is 2. The molecule has 0 aliphatic heterocycles. The molecule has 0 saturated heterocycles. The largest absolute Gasteiger partial charge is 0.545 e. The van der Waals surface area contributed by atoms with Crippen LogP contribution in [0.15, 0.2) is 48.5 Å². The number of rotatable bonds is 6. The standard InChI is InChI=1S/C18H18N2O3/c1-2-11-20-16-6-4-3-5-15(16)19-17(20)12-23-14-9-7-13(8-10-14)18(21)22/h3-10H,2,11-12H2,1H3,(H,21,22)/p-1. The first-order valence-corrected chi connectivity index (χ1v) is 7.57. The SMILES string of the molecule is CCCn1c(COc2ccc(C(=O)[O-])cc2)nc2ccccc21. The smallest absolute Gasteiger partial charge is 0.147 e. The number of carbonyl (C=O) groups excluding carboxylic acids is 1. The topological polar surface area (TPSA) is 67.2 Å². The minimum atomic E-state index is -1.19. The molecule has 0 amide bonds. The van der Waals surface area contributed by atoms with Crippen molar-refractivity contribution in [2.75, 3.05) is 0 Å². The third kappa shape index (κ3) is 3.18. The molecule has 2 aromatic carbocycles.